The maximum atomic E-state index is 11.1. The Morgan fingerprint density at radius 2 is 2.24 bits per heavy atom. The van der Waals surface area contributed by atoms with Crippen molar-refractivity contribution in [1.82, 2.24) is 29.8 Å². The quantitative estimate of drug-likeness (QED) is 0.490. The summed E-state index contributed by atoms with van der Waals surface area (Å²) in [5.74, 6) is 0.129. The van der Waals surface area contributed by atoms with Gasteiger partial charge in [-0.3, -0.25) is 4.79 Å². The summed E-state index contributed by atoms with van der Waals surface area (Å²) in [7, 11) is 0. The lowest BCUT2D eigenvalue weighted by Gasteiger charge is -2.06. The molecule has 4 N–H and O–H groups in total. The van der Waals surface area contributed by atoms with E-state index in [2.05, 4.69) is 30.6 Å². The lowest BCUT2D eigenvalue weighted by molar-refractivity contribution is 0.100. The van der Waals surface area contributed by atoms with E-state index >= 15 is 0 Å². The summed E-state index contributed by atoms with van der Waals surface area (Å²) >= 11 is 1.18. The first-order valence-electron chi connectivity index (χ1n) is 7.71. The fourth-order valence-corrected chi connectivity index (χ4v) is 2.82. The molecule has 0 radical (unpaired) electrons. The number of carbonyl (C=O) groups excluding carboxylic acids is 1. The van der Waals surface area contributed by atoms with E-state index in [1.54, 1.807) is 6.20 Å². The van der Waals surface area contributed by atoms with Crippen LogP contribution in [0.25, 0.3) is 0 Å². The predicted molar refractivity (Wildman–Crippen MR) is 94.5 cm³/mol. The molecule has 0 aromatic carbocycles. The number of anilines is 2. The molecule has 0 aliphatic carbocycles. The van der Waals surface area contributed by atoms with E-state index in [-0.39, 0.29) is 0 Å². The molecule has 25 heavy (non-hydrogen) atoms. The Kier molecular flexibility index (Phi) is 5.65. The maximum Gasteiger partial charge on any atom is 0.260 e. The van der Waals surface area contributed by atoms with Crippen molar-refractivity contribution in [1.29, 1.82) is 0 Å². The fourth-order valence-electron chi connectivity index (χ4n) is 2.14. The predicted octanol–water partition coefficient (Wildman–Crippen LogP) is 1.15. The van der Waals surface area contributed by atoms with E-state index in [9.17, 15) is 4.79 Å². The summed E-state index contributed by atoms with van der Waals surface area (Å²) in [6.45, 7) is 2.45. The number of nitrogens with one attached hydrogen (secondary N) is 2. The van der Waals surface area contributed by atoms with Crippen LogP contribution in [0.5, 0.6) is 0 Å². The van der Waals surface area contributed by atoms with Crippen LogP contribution in [0.15, 0.2) is 37.3 Å². The minimum atomic E-state index is -0.492. The van der Waals surface area contributed by atoms with Crippen molar-refractivity contribution in [2.45, 2.75) is 19.5 Å². The number of amides is 1. The second-order valence-corrected chi connectivity index (χ2v) is 6.27. The Bertz CT molecular complexity index is 817. The van der Waals surface area contributed by atoms with Crippen molar-refractivity contribution in [3.63, 3.8) is 0 Å². The van der Waals surface area contributed by atoms with Gasteiger partial charge in [-0.15, -0.1) is 0 Å². The van der Waals surface area contributed by atoms with E-state index in [1.165, 1.54) is 23.9 Å². The molecule has 0 aliphatic rings. The topological polar surface area (TPSA) is 124 Å². The SMILES string of the molecule is NC(=O)c1cnc(Nc2cc(CNCCCn3ccnc3)ncn2)s1. The van der Waals surface area contributed by atoms with E-state index in [1.807, 2.05) is 23.2 Å². The highest BCUT2D eigenvalue weighted by Gasteiger charge is 2.07. The Hall–Kier alpha value is -2.85. The maximum absolute atomic E-state index is 11.1. The molecule has 9 nitrogen and oxygen atoms in total. The Morgan fingerprint density at radius 1 is 1.32 bits per heavy atom. The minimum absolute atomic E-state index is 0.399. The molecular weight excluding hydrogens is 340 g/mol. The summed E-state index contributed by atoms with van der Waals surface area (Å²) in [6, 6.07) is 1.84. The van der Waals surface area contributed by atoms with Crippen molar-refractivity contribution in [2.24, 2.45) is 5.73 Å². The van der Waals surface area contributed by atoms with Crippen LogP contribution in [0, 0.1) is 0 Å². The number of nitrogens with zero attached hydrogens (tertiary/aromatic N) is 5. The van der Waals surface area contributed by atoms with Crippen LogP contribution in [0.4, 0.5) is 10.9 Å². The van der Waals surface area contributed by atoms with Gasteiger partial charge in [0.1, 0.15) is 17.0 Å². The van der Waals surface area contributed by atoms with Gasteiger partial charge in [-0.25, -0.2) is 19.9 Å². The standard InChI is InChI=1S/C15H18N8OS/c16-14(24)12-8-19-15(25-12)22-13-6-11(20-9-21-13)7-17-2-1-4-23-5-3-18-10-23/h3,5-6,8-10,17H,1-2,4,7H2,(H2,16,24)(H,19,20,21,22). The molecule has 3 aromatic heterocycles. The van der Waals surface area contributed by atoms with Gasteiger partial charge in [0.2, 0.25) is 0 Å². The summed E-state index contributed by atoms with van der Waals surface area (Å²) in [6.07, 6.45) is 9.47. The molecule has 0 unspecified atom stereocenters. The van der Waals surface area contributed by atoms with Crippen LogP contribution in [-0.2, 0) is 13.1 Å². The molecule has 3 rings (SSSR count). The molecule has 0 fully saturated rings. The zero-order chi connectivity index (χ0) is 17.5. The Morgan fingerprint density at radius 3 is 3.00 bits per heavy atom. The molecular formula is C15H18N8OS. The lowest BCUT2D eigenvalue weighted by atomic mass is 10.3. The Balaban J connectivity index is 1.46. The number of primary amides is 1. The molecule has 0 spiro atoms. The summed E-state index contributed by atoms with van der Waals surface area (Å²) in [5, 5.41) is 6.96. The molecule has 130 valence electrons. The number of hydrogen-bond acceptors (Lipinski definition) is 8. The minimum Gasteiger partial charge on any atom is -0.365 e. The zero-order valence-electron chi connectivity index (χ0n) is 13.4. The van der Waals surface area contributed by atoms with Gasteiger partial charge in [0, 0.05) is 31.5 Å². The van der Waals surface area contributed by atoms with Gasteiger partial charge in [-0.1, -0.05) is 11.3 Å². The highest BCUT2D eigenvalue weighted by atomic mass is 32.1. The average Bonchev–Trinajstić information content (AvgIpc) is 3.27. The summed E-state index contributed by atoms with van der Waals surface area (Å²) in [5.41, 5.74) is 6.09. The highest BCUT2D eigenvalue weighted by Crippen LogP contribution is 2.21. The summed E-state index contributed by atoms with van der Waals surface area (Å²) in [4.78, 5) is 28.0. The first kappa shape index (κ1) is 17.0. The first-order chi connectivity index (χ1) is 12.2. The molecule has 0 bridgehead atoms. The number of rotatable bonds is 9. The van der Waals surface area contributed by atoms with E-state index in [4.69, 9.17) is 5.73 Å². The van der Waals surface area contributed by atoms with Gasteiger partial charge < -0.3 is 20.9 Å². The van der Waals surface area contributed by atoms with Gasteiger partial charge >= 0.3 is 0 Å². The monoisotopic (exact) mass is 358 g/mol. The number of thiazole rings is 1. The highest BCUT2D eigenvalue weighted by molar-refractivity contribution is 7.17. The number of imidazole rings is 1. The third-order valence-electron chi connectivity index (χ3n) is 3.34. The first-order valence-corrected chi connectivity index (χ1v) is 8.52. The fraction of sp³-hybridized carbons (Fsp3) is 0.267. The van der Waals surface area contributed by atoms with Crippen molar-refractivity contribution in [2.75, 3.05) is 11.9 Å². The van der Waals surface area contributed by atoms with Crippen molar-refractivity contribution in [3.8, 4) is 0 Å². The molecule has 0 atom stereocenters. The molecule has 1 amide bonds. The van der Waals surface area contributed by atoms with Crippen LogP contribution in [0.2, 0.25) is 0 Å². The van der Waals surface area contributed by atoms with Crippen LogP contribution in [0.3, 0.4) is 0 Å². The smallest absolute Gasteiger partial charge is 0.260 e. The lowest BCUT2D eigenvalue weighted by Crippen LogP contribution is -2.17. The van der Waals surface area contributed by atoms with Crippen LogP contribution >= 0.6 is 11.3 Å². The van der Waals surface area contributed by atoms with E-state index < -0.39 is 5.91 Å². The van der Waals surface area contributed by atoms with E-state index in [0.29, 0.717) is 22.4 Å². The number of nitrogens with two attached hydrogens (primary N) is 1. The second-order valence-electron chi connectivity index (χ2n) is 5.24. The van der Waals surface area contributed by atoms with Crippen LogP contribution in [0.1, 0.15) is 21.8 Å². The number of aryl methyl sites for hydroxylation is 1. The number of hydrogen-bond donors (Lipinski definition) is 3. The second kappa shape index (κ2) is 8.31. The Labute approximate surface area is 148 Å². The third-order valence-corrected chi connectivity index (χ3v) is 4.27. The number of carbonyl (C=O) groups is 1. The van der Waals surface area contributed by atoms with Gasteiger partial charge in [0.05, 0.1) is 18.2 Å². The zero-order valence-corrected chi connectivity index (χ0v) is 14.2. The molecule has 0 saturated heterocycles. The van der Waals surface area contributed by atoms with Crippen LogP contribution < -0.4 is 16.4 Å². The van der Waals surface area contributed by atoms with Crippen molar-refractivity contribution >= 4 is 28.2 Å². The molecule has 10 heteroatoms. The van der Waals surface area contributed by atoms with Gasteiger partial charge in [-0.2, -0.15) is 0 Å². The molecule has 3 heterocycles. The average molecular weight is 358 g/mol. The van der Waals surface area contributed by atoms with Gasteiger partial charge in [0.15, 0.2) is 5.13 Å². The third kappa shape index (κ3) is 5.06. The van der Waals surface area contributed by atoms with Gasteiger partial charge in [0.25, 0.3) is 5.91 Å². The van der Waals surface area contributed by atoms with Gasteiger partial charge in [-0.05, 0) is 13.0 Å². The largest absolute Gasteiger partial charge is 0.365 e. The molecule has 0 aliphatic heterocycles. The molecule has 3 aromatic rings. The normalized spacial score (nSPS) is 10.7. The number of aromatic nitrogens is 5. The van der Waals surface area contributed by atoms with Crippen LogP contribution in [-0.4, -0.2) is 37.0 Å². The summed E-state index contributed by atoms with van der Waals surface area (Å²) < 4.78 is 2.04. The molecule has 0 saturated carbocycles. The van der Waals surface area contributed by atoms with Crippen molar-refractivity contribution < 1.29 is 4.79 Å². The van der Waals surface area contributed by atoms with Crippen molar-refractivity contribution in [3.05, 3.63) is 47.9 Å². The van der Waals surface area contributed by atoms with E-state index in [0.717, 1.165) is 25.2 Å².